The van der Waals surface area contributed by atoms with Crippen molar-refractivity contribution >= 4 is 54.7 Å². The third-order valence-electron chi connectivity index (χ3n) is 8.88. The van der Waals surface area contributed by atoms with Crippen LogP contribution in [0.4, 0.5) is 11.4 Å². The fraction of sp³-hybridized carbons (Fsp3) is 0.111. The van der Waals surface area contributed by atoms with Crippen LogP contribution in [0.5, 0.6) is 0 Å². The lowest BCUT2D eigenvalue weighted by Gasteiger charge is -2.30. The smallest absolute Gasteiger partial charge is 0.200 e. The van der Waals surface area contributed by atoms with Crippen LogP contribution >= 0.6 is 31.9 Å². The van der Waals surface area contributed by atoms with E-state index in [9.17, 15) is 9.90 Å². The Kier molecular flexibility index (Phi) is 6.26. The van der Waals surface area contributed by atoms with Crippen LogP contribution < -0.4 is 5.32 Å². The summed E-state index contributed by atoms with van der Waals surface area (Å²) >= 11 is 7.07. The predicted molar refractivity (Wildman–Crippen MR) is 176 cm³/mol. The highest BCUT2D eigenvalue weighted by Gasteiger charge is 2.44. The third-order valence-corrected chi connectivity index (χ3v) is 9.94. The van der Waals surface area contributed by atoms with Gasteiger partial charge in [-0.3, -0.25) is 9.79 Å². The number of anilines is 1. The summed E-state index contributed by atoms with van der Waals surface area (Å²) in [4.78, 5) is 18.6. The van der Waals surface area contributed by atoms with Crippen LogP contribution in [0.3, 0.4) is 0 Å². The molecule has 1 aliphatic carbocycles. The van der Waals surface area contributed by atoms with Gasteiger partial charge in [0.1, 0.15) is 5.76 Å². The van der Waals surface area contributed by atoms with Gasteiger partial charge >= 0.3 is 0 Å². The van der Waals surface area contributed by atoms with E-state index in [-0.39, 0.29) is 17.1 Å². The maximum absolute atomic E-state index is 13.7. The van der Waals surface area contributed by atoms with Crippen LogP contribution in [-0.4, -0.2) is 16.6 Å². The zero-order valence-corrected chi connectivity index (χ0v) is 26.1. The molecule has 0 aromatic heterocycles. The van der Waals surface area contributed by atoms with Gasteiger partial charge in [-0.05, 0) is 84.7 Å². The predicted octanol–water partition coefficient (Wildman–Crippen LogP) is 9.24. The molecule has 2 N–H and O–H groups in total. The van der Waals surface area contributed by atoms with Crippen LogP contribution in [0.2, 0.25) is 0 Å². The highest BCUT2D eigenvalue weighted by Crippen LogP contribution is 2.50. The number of carbonyl (C=O) groups excluding carboxylic acids is 1. The number of nitrogens with zero attached hydrogens (tertiary/aromatic N) is 1. The number of Topliss-reactive ketones (excluding diaryl/α,β-unsaturated/α-hetero) is 1. The molecule has 0 spiro atoms. The van der Waals surface area contributed by atoms with Crippen molar-refractivity contribution in [3.05, 3.63) is 163 Å². The van der Waals surface area contributed by atoms with Crippen molar-refractivity contribution in [3.8, 4) is 0 Å². The second-order valence-electron chi connectivity index (χ2n) is 11.2. The van der Waals surface area contributed by atoms with E-state index >= 15 is 0 Å². The number of aliphatic hydroxyl groups excluding tert-OH is 1. The molecule has 6 heteroatoms. The van der Waals surface area contributed by atoms with E-state index in [1.54, 1.807) is 12.2 Å². The summed E-state index contributed by atoms with van der Waals surface area (Å²) in [5, 5.41) is 14.8. The van der Waals surface area contributed by atoms with E-state index in [2.05, 4.69) is 87.4 Å². The normalized spacial score (nSPS) is 24.4. The summed E-state index contributed by atoms with van der Waals surface area (Å²) in [5.74, 6) is -0.215. The van der Waals surface area contributed by atoms with Gasteiger partial charge in [-0.25, -0.2) is 0 Å². The number of nitrogens with one attached hydrogen (secondary N) is 1. The van der Waals surface area contributed by atoms with Crippen molar-refractivity contribution < 1.29 is 9.90 Å². The molecule has 2 heterocycles. The number of aliphatic hydroxyl groups is 1. The molecule has 42 heavy (non-hydrogen) atoms. The van der Waals surface area contributed by atoms with E-state index in [1.807, 2.05) is 60.7 Å². The molecule has 0 amide bonds. The van der Waals surface area contributed by atoms with Crippen LogP contribution in [0, 0.1) is 0 Å². The maximum Gasteiger partial charge on any atom is 0.200 e. The molecule has 4 nitrogen and oxygen atoms in total. The number of allylic oxidation sites excluding steroid dienone is 5. The average molecular weight is 678 g/mol. The number of fused-ring (bicyclic) bond motifs is 2. The van der Waals surface area contributed by atoms with Gasteiger partial charge in [-0.2, -0.15) is 0 Å². The Morgan fingerprint density at radius 2 is 1.31 bits per heavy atom. The van der Waals surface area contributed by atoms with Crippen LogP contribution in [0.25, 0.3) is 0 Å². The Balaban J connectivity index is 1.31. The molecule has 3 aliphatic rings. The Bertz CT molecular complexity index is 1920. The molecule has 4 aromatic rings. The van der Waals surface area contributed by atoms with Crippen molar-refractivity contribution in [2.75, 3.05) is 5.32 Å². The van der Waals surface area contributed by atoms with Gasteiger partial charge in [-0.15, -0.1) is 0 Å². The van der Waals surface area contributed by atoms with Gasteiger partial charge in [-0.1, -0.05) is 92.5 Å². The van der Waals surface area contributed by atoms with Gasteiger partial charge in [0.25, 0.3) is 0 Å². The Labute approximate surface area is 261 Å². The van der Waals surface area contributed by atoms with Crippen LogP contribution in [0.15, 0.2) is 146 Å². The molecule has 2 aliphatic heterocycles. The van der Waals surface area contributed by atoms with Crippen molar-refractivity contribution in [2.45, 2.75) is 24.7 Å². The summed E-state index contributed by atoms with van der Waals surface area (Å²) in [5.41, 5.74) is 7.20. The number of para-hydroxylation sites is 2. The Morgan fingerprint density at radius 3 is 1.95 bits per heavy atom. The van der Waals surface area contributed by atoms with Gasteiger partial charge in [0.2, 0.25) is 5.78 Å². The molecule has 0 fully saturated rings. The standard InChI is InChI=1S/C36H26Br2N2O2/c1-35(21-11-15-23(37)16-12-21)27-7-3-5-9-29(27)39-31(35)19-25-33(41)26(34(25)42)20-32-36(2,22-13-17-24(38)18-14-22)28-8-4-6-10-30(28)40-32/h3-20,39,41H,1-2H3/b26-20+,31-19-. The zero-order chi connectivity index (χ0) is 29.2. The number of carbonyl (C=O) groups is 1. The average Bonchev–Trinajstić information content (AvgIpc) is 3.46. The number of aliphatic imine (C=N–C) groups is 1. The van der Waals surface area contributed by atoms with Crippen LogP contribution in [0.1, 0.15) is 36.1 Å². The molecular formula is C36H26Br2N2O2. The van der Waals surface area contributed by atoms with Gasteiger partial charge in [0, 0.05) is 20.3 Å². The van der Waals surface area contributed by atoms with Crippen LogP contribution in [-0.2, 0) is 15.6 Å². The fourth-order valence-electron chi connectivity index (χ4n) is 6.35. The number of benzene rings is 4. The number of ketones is 1. The van der Waals surface area contributed by atoms with Crippen molar-refractivity contribution in [1.82, 2.24) is 0 Å². The first-order valence-corrected chi connectivity index (χ1v) is 15.3. The van der Waals surface area contributed by atoms with Gasteiger partial charge < -0.3 is 10.4 Å². The first-order valence-electron chi connectivity index (χ1n) is 13.7. The van der Waals surface area contributed by atoms with E-state index in [4.69, 9.17) is 4.99 Å². The molecule has 0 saturated carbocycles. The minimum absolute atomic E-state index is 0.0137. The number of rotatable bonds is 4. The quantitative estimate of drug-likeness (QED) is 0.212. The molecule has 4 aromatic carbocycles. The third kappa shape index (κ3) is 3.92. The lowest BCUT2D eigenvalue weighted by molar-refractivity contribution is -0.113. The van der Waals surface area contributed by atoms with Gasteiger partial charge in [0.15, 0.2) is 0 Å². The molecule has 7 rings (SSSR count). The summed E-state index contributed by atoms with van der Waals surface area (Å²) in [6, 6.07) is 32.6. The SMILES string of the molecule is CC1(c2ccc(Br)cc2)C(/C=C2/C(=O)C(/C=C3\Nc4ccccc4C3(C)c3ccc(Br)cc3)=C2O)=Nc2ccccc21. The van der Waals surface area contributed by atoms with E-state index < -0.39 is 10.8 Å². The Hall–Kier alpha value is -4.00. The topological polar surface area (TPSA) is 61.7 Å². The van der Waals surface area contributed by atoms with Gasteiger partial charge in [0.05, 0.1) is 33.4 Å². The summed E-state index contributed by atoms with van der Waals surface area (Å²) < 4.78 is 1.99. The minimum Gasteiger partial charge on any atom is -0.506 e. The summed E-state index contributed by atoms with van der Waals surface area (Å²) in [6.07, 6.45) is 3.56. The lowest BCUT2D eigenvalue weighted by atomic mass is 9.72. The summed E-state index contributed by atoms with van der Waals surface area (Å²) in [6.45, 7) is 4.26. The first kappa shape index (κ1) is 26.9. The van der Waals surface area contributed by atoms with E-state index in [0.29, 0.717) is 5.57 Å². The highest BCUT2D eigenvalue weighted by molar-refractivity contribution is 9.10. The Morgan fingerprint density at radius 1 is 0.738 bits per heavy atom. The number of halogens is 2. The van der Waals surface area contributed by atoms with Crippen molar-refractivity contribution in [3.63, 3.8) is 0 Å². The van der Waals surface area contributed by atoms with E-state index in [0.717, 1.165) is 54.0 Å². The highest BCUT2D eigenvalue weighted by atomic mass is 79.9. The maximum atomic E-state index is 13.7. The molecule has 0 bridgehead atoms. The second kappa shape index (κ2) is 9.79. The largest absolute Gasteiger partial charge is 0.506 e. The number of hydrogen-bond acceptors (Lipinski definition) is 4. The molecule has 0 saturated heterocycles. The molecule has 2 unspecified atom stereocenters. The lowest BCUT2D eigenvalue weighted by Crippen LogP contribution is -2.32. The van der Waals surface area contributed by atoms with Crippen molar-refractivity contribution in [2.24, 2.45) is 4.99 Å². The minimum atomic E-state index is -0.576. The van der Waals surface area contributed by atoms with Crippen molar-refractivity contribution in [1.29, 1.82) is 0 Å². The number of hydrogen-bond donors (Lipinski definition) is 2. The fourth-order valence-corrected chi connectivity index (χ4v) is 6.87. The molecule has 0 radical (unpaired) electrons. The molecule has 206 valence electrons. The zero-order valence-electron chi connectivity index (χ0n) is 23.0. The monoisotopic (exact) mass is 676 g/mol. The second-order valence-corrected chi connectivity index (χ2v) is 13.0. The molecule has 2 atom stereocenters. The summed E-state index contributed by atoms with van der Waals surface area (Å²) in [7, 11) is 0. The molecular weight excluding hydrogens is 652 g/mol. The van der Waals surface area contributed by atoms with E-state index in [1.165, 1.54) is 0 Å². The first-order chi connectivity index (χ1) is 20.2.